The first kappa shape index (κ1) is 25.0. The van der Waals surface area contributed by atoms with Gasteiger partial charge >= 0.3 is 0 Å². The van der Waals surface area contributed by atoms with E-state index >= 15 is 0 Å². The smallest absolute Gasteiger partial charge is 0.263 e. The molecular formula is C30H10Cl4N2O4. The number of alkyl halides is 4. The van der Waals surface area contributed by atoms with Gasteiger partial charge in [0.05, 0.1) is 11.1 Å². The maximum atomic E-state index is 13.4. The Bertz CT molecular complexity index is 2030. The average molecular weight is 604 g/mol. The van der Waals surface area contributed by atoms with E-state index in [2.05, 4.69) is 11.8 Å². The van der Waals surface area contributed by atoms with E-state index in [1.165, 1.54) is 12.1 Å². The van der Waals surface area contributed by atoms with Crippen LogP contribution in [-0.2, 0) is 0 Å². The molecule has 0 N–H and O–H groups in total. The predicted octanol–water partition coefficient (Wildman–Crippen LogP) is 6.41. The van der Waals surface area contributed by atoms with Crippen molar-refractivity contribution in [2.24, 2.45) is 0 Å². The largest absolute Gasteiger partial charge is 0.268 e. The third kappa shape index (κ3) is 2.84. The van der Waals surface area contributed by atoms with Crippen molar-refractivity contribution >= 4 is 113 Å². The summed E-state index contributed by atoms with van der Waals surface area (Å²) in [6, 6.07) is 9.60. The first-order chi connectivity index (χ1) is 19.1. The second-order valence-corrected chi connectivity index (χ2v) is 11.4. The molecule has 40 heavy (non-hydrogen) atoms. The van der Waals surface area contributed by atoms with E-state index in [-0.39, 0.29) is 22.3 Å². The predicted molar refractivity (Wildman–Crippen MR) is 156 cm³/mol. The summed E-state index contributed by atoms with van der Waals surface area (Å²) in [5.41, 5.74) is 1.49. The number of amides is 4. The van der Waals surface area contributed by atoms with Crippen LogP contribution < -0.4 is 0 Å². The van der Waals surface area contributed by atoms with Crippen molar-refractivity contribution in [2.45, 2.75) is 9.92 Å². The van der Waals surface area contributed by atoms with Crippen LogP contribution in [0.3, 0.4) is 0 Å². The summed E-state index contributed by atoms with van der Waals surface area (Å²) in [6.45, 7) is 0. The van der Waals surface area contributed by atoms with Gasteiger partial charge in [0.25, 0.3) is 23.6 Å². The number of rotatable bonds is 2. The van der Waals surface area contributed by atoms with Gasteiger partial charge in [0, 0.05) is 54.6 Å². The molecule has 0 bridgehead atoms. The number of hydrogen-bond acceptors (Lipinski definition) is 4. The first-order valence-corrected chi connectivity index (χ1v) is 13.4. The van der Waals surface area contributed by atoms with Gasteiger partial charge in [-0.3, -0.25) is 19.2 Å². The molecule has 5 aromatic carbocycles. The maximum absolute atomic E-state index is 13.4. The Kier molecular flexibility index (Phi) is 5.14. The number of carbonyl (C=O) groups excluding carboxylic acids is 4. The summed E-state index contributed by atoms with van der Waals surface area (Å²) in [5.74, 6) is 2.63. The van der Waals surface area contributed by atoms with E-state index < -0.39 is 33.5 Å². The van der Waals surface area contributed by atoms with Gasteiger partial charge in [0.15, 0.2) is 9.92 Å². The first-order valence-electron chi connectivity index (χ1n) is 11.7. The van der Waals surface area contributed by atoms with Crippen molar-refractivity contribution in [1.82, 2.24) is 9.80 Å². The highest BCUT2D eigenvalue weighted by atomic mass is 35.5. The van der Waals surface area contributed by atoms with Gasteiger partial charge in [-0.2, -0.15) is 0 Å². The molecular weight excluding hydrogens is 594 g/mol. The molecule has 0 atom stereocenters. The van der Waals surface area contributed by atoms with Crippen LogP contribution in [0.2, 0.25) is 0 Å². The highest BCUT2D eigenvalue weighted by Gasteiger charge is 2.40. The number of hydrogen-bond donors (Lipinski definition) is 0. The van der Waals surface area contributed by atoms with E-state index in [9.17, 15) is 19.2 Å². The molecule has 0 fully saturated rings. The van der Waals surface area contributed by atoms with E-state index in [0.717, 1.165) is 9.80 Å². The van der Waals surface area contributed by atoms with Crippen LogP contribution in [0.15, 0.2) is 36.4 Å². The van der Waals surface area contributed by atoms with Gasteiger partial charge in [-0.1, -0.05) is 70.4 Å². The lowest BCUT2D eigenvalue weighted by molar-refractivity contribution is 0.0607. The van der Waals surface area contributed by atoms with Crippen molar-refractivity contribution in [3.05, 3.63) is 69.8 Å². The summed E-state index contributed by atoms with van der Waals surface area (Å²) < 4.78 is 0. The van der Waals surface area contributed by atoms with Gasteiger partial charge in [-0.15, -0.1) is 12.8 Å². The summed E-state index contributed by atoms with van der Waals surface area (Å²) in [4.78, 5) is 52.3. The van der Waals surface area contributed by atoms with Crippen molar-refractivity contribution in [1.29, 1.82) is 0 Å². The molecule has 0 aliphatic carbocycles. The molecule has 0 saturated heterocycles. The minimum Gasteiger partial charge on any atom is -0.268 e. The Balaban J connectivity index is 1.77. The fourth-order valence-corrected chi connectivity index (χ4v) is 6.80. The van der Waals surface area contributed by atoms with Crippen LogP contribution in [0.25, 0.3) is 43.1 Å². The second kappa shape index (κ2) is 8.24. The molecule has 2 aliphatic heterocycles. The molecule has 5 aromatic rings. The molecule has 0 aromatic heterocycles. The minimum atomic E-state index is -1.41. The lowest BCUT2D eigenvalue weighted by Gasteiger charge is -2.31. The van der Waals surface area contributed by atoms with Crippen LogP contribution in [0, 0.1) is 24.7 Å². The van der Waals surface area contributed by atoms with Crippen molar-refractivity contribution in [2.75, 3.05) is 0 Å². The van der Waals surface area contributed by atoms with Gasteiger partial charge in [0.2, 0.25) is 0 Å². The molecule has 2 heterocycles. The van der Waals surface area contributed by atoms with Gasteiger partial charge < -0.3 is 0 Å². The number of nitrogens with zero attached hydrogens (tertiary/aromatic N) is 2. The number of imide groups is 2. The Hall–Kier alpha value is -4.04. The number of terminal acetylenes is 2. The second-order valence-electron chi connectivity index (χ2n) is 9.32. The lowest BCUT2D eigenvalue weighted by atomic mass is 9.79. The van der Waals surface area contributed by atoms with E-state index in [1.807, 2.05) is 0 Å². The van der Waals surface area contributed by atoms with Crippen molar-refractivity contribution in [3.8, 4) is 24.7 Å². The maximum Gasteiger partial charge on any atom is 0.263 e. The standard InChI is InChI=1S/C30H10Cl4N2O4/c1-3-11-9-17-21-15(25(37)35(27(17)39)29(31)32)8-6-14-20-12(4-2)10-18-22-16(26(38)36(28(18)40)30(33)34)7-5-13(24(20)22)19(11)23(14)21/h1-2,5-10,29-30H. The van der Waals surface area contributed by atoms with Crippen LogP contribution in [0.5, 0.6) is 0 Å². The summed E-state index contributed by atoms with van der Waals surface area (Å²) in [5, 5.41) is 4.19. The topological polar surface area (TPSA) is 74.8 Å². The van der Waals surface area contributed by atoms with Gasteiger partial charge in [-0.25, -0.2) is 9.80 Å². The summed E-state index contributed by atoms with van der Waals surface area (Å²) in [6.07, 6.45) is 11.9. The molecule has 10 heteroatoms. The molecule has 7 rings (SSSR count). The van der Waals surface area contributed by atoms with Gasteiger partial charge in [0.1, 0.15) is 0 Å². The Morgan fingerprint density at radius 1 is 0.525 bits per heavy atom. The van der Waals surface area contributed by atoms with E-state index in [0.29, 0.717) is 54.2 Å². The quantitative estimate of drug-likeness (QED) is 0.0583. The van der Waals surface area contributed by atoms with Crippen molar-refractivity contribution < 1.29 is 19.2 Å². The third-order valence-corrected chi connectivity index (χ3v) is 8.38. The highest BCUT2D eigenvalue weighted by molar-refractivity contribution is 6.49. The molecule has 0 spiro atoms. The molecule has 192 valence electrons. The molecule has 0 unspecified atom stereocenters. The normalized spacial score (nSPS) is 15.0. The SMILES string of the molecule is C#Cc1cc2c3c(ccc4c5c(C#C)cc6c7c(ccc(c1c34)c75)C(=O)N(C(Cl)Cl)C6=O)C(=O)N(C(Cl)Cl)C2=O. The van der Waals surface area contributed by atoms with E-state index in [1.54, 1.807) is 24.3 Å². The Morgan fingerprint density at radius 2 is 0.875 bits per heavy atom. The number of fused-ring (bicyclic) bond motifs is 2. The van der Waals surface area contributed by atoms with Crippen molar-refractivity contribution in [3.63, 3.8) is 0 Å². The Morgan fingerprint density at radius 3 is 1.20 bits per heavy atom. The molecule has 0 radical (unpaired) electrons. The monoisotopic (exact) mass is 602 g/mol. The van der Waals surface area contributed by atoms with Crippen LogP contribution in [-0.4, -0.2) is 43.3 Å². The average Bonchev–Trinajstić information content (AvgIpc) is 2.92. The van der Waals surface area contributed by atoms with E-state index in [4.69, 9.17) is 59.3 Å². The summed E-state index contributed by atoms with van der Waals surface area (Å²) >= 11 is 24.0. The van der Waals surface area contributed by atoms with Crippen LogP contribution in [0.1, 0.15) is 52.6 Å². The minimum absolute atomic E-state index is 0.169. The fourth-order valence-electron chi connectivity index (χ4n) is 6.09. The summed E-state index contributed by atoms with van der Waals surface area (Å²) in [7, 11) is 0. The molecule has 0 saturated carbocycles. The Labute approximate surface area is 245 Å². The molecule has 4 amide bonds. The zero-order chi connectivity index (χ0) is 28.4. The van der Waals surface area contributed by atoms with Crippen LogP contribution >= 0.6 is 46.4 Å². The number of carbonyl (C=O) groups is 4. The molecule has 6 nitrogen and oxygen atoms in total. The lowest BCUT2D eigenvalue weighted by Crippen LogP contribution is -2.43. The molecule has 2 aliphatic rings. The van der Waals surface area contributed by atoms with Crippen LogP contribution in [0.4, 0.5) is 0 Å². The van der Waals surface area contributed by atoms with Gasteiger partial charge in [-0.05, 0) is 35.0 Å². The zero-order valence-corrected chi connectivity index (χ0v) is 22.8. The fraction of sp³-hybridized carbons (Fsp3) is 0.0667. The number of benzene rings is 5. The third-order valence-electron chi connectivity index (χ3n) is 7.60. The number of halogens is 4. The zero-order valence-electron chi connectivity index (χ0n) is 19.8. The highest BCUT2D eigenvalue weighted by Crippen LogP contribution is 2.48.